The standard InChI is InChI=1S/C7H12N4.C6H6/c1-2-4-9-6-3-5-10-7(8)11-6;1-2-4-6-5-3-1/h3,5H,2,4H2,1H3,(H3,8,9,10,11);1-6H. The van der Waals surface area contributed by atoms with Crippen molar-refractivity contribution in [1.29, 1.82) is 0 Å². The van der Waals surface area contributed by atoms with Crippen LogP contribution in [0.4, 0.5) is 11.8 Å². The molecule has 2 rings (SSSR count). The molecule has 0 atom stereocenters. The molecule has 1 aromatic carbocycles. The van der Waals surface area contributed by atoms with Crippen molar-refractivity contribution >= 4 is 11.8 Å². The first-order chi connectivity index (χ1) is 8.33. The molecule has 0 bridgehead atoms. The second kappa shape index (κ2) is 8.10. The Morgan fingerprint density at radius 3 is 2.18 bits per heavy atom. The SMILES string of the molecule is CCCNc1ccnc(N)n1.c1ccccc1. The van der Waals surface area contributed by atoms with E-state index in [1.165, 1.54) is 0 Å². The monoisotopic (exact) mass is 230 g/mol. The van der Waals surface area contributed by atoms with Crippen LogP contribution in [0.3, 0.4) is 0 Å². The largest absolute Gasteiger partial charge is 0.370 e. The molecule has 2 aromatic rings. The Labute approximate surface area is 102 Å². The fourth-order valence-corrected chi connectivity index (χ4v) is 1.11. The lowest BCUT2D eigenvalue weighted by Gasteiger charge is -2.02. The molecule has 4 nitrogen and oxygen atoms in total. The van der Waals surface area contributed by atoms with Gasteiger partial charge < -0.3 is 11.1 Å². The van der Waals surface area contributed by atoms with Gasteiger partial charge >= 0.3 is 0 Å². The molecule has 0 radical (unpaired) electrons. The molecule has 1 heterocycles. The number of nitrogens with two attached hydrogens (primary N) is 1. The van der Waals surface area contributed by atoms with Crippen LogP contribution in [-0.4, -0.2) is 16.5 Å². The summed E-state index contributed by atoms with van der Waals surface area (Å²) >= 11 is 0. The summed E-state index contributed by atoms with van der Waals surface area (Å²) in [7, 11) is 0. The Bertz CT molecular complexity index is 376. The molecule has 0 aliphatic heterocycles. The zero-order valence-electron chi connectivity index (χ0n) is 10.0. The molecule has 90 valence electrons. The summed E-state index contributed by atoms with van der Waals surface area (Å²) in [5.74, 6) is 1.10. The van der Waals surface area contributed by atoms with E-state index in [0.29, 0.717) is 5.95 Å². The number of nitrogen functional groups attached to an aromatic ring is 1. The third-order valence-electron chi connectivity index (χ3n) is 1.90. The molecule has 0 spiro atoms. The predicted octanol–water partition coefficient (Wildman–Crippen LogP) is 2.57. The second-order valence-corrected chi connectivity index (χ2v) is 3.38. The van der Waals surface area contributed by atoms with E-state index < -0.39 is 0 Å². The van der Waals surface area contributed by atoms with Crippen molar-refractivity contribution in [2.75, 3.05) is 17.6 Å². The Morgan fingerprint density at radius 2 is 1.71 bits per heavy atom. The van der Waals surface area contributed by atoms with Gasteiger partial charge in [-0.2, -0.15) is 4.98 Å². The lowest BCUT2D eigenvalue weighted by molar-refractivity contribution is 0.966. The Kier molecular flexibility index (Phi) is 6.18. The molecule has 0 saturated heterocycles. The third kappa shape index (κ3) is 6.14. The molecule has 0 unspecified atom stereocenters. The minimum absolute atomic E-state index is 0.311. The summed E-state index contributed by atoms with van der Waals surface area (Å²) in [5, 5.41) is 3.10. The highest BCUT2D eigenvalue weighted by molar-refractivity contribution is 5.36. The van der Waals surface area contributed by atoms with Gasteiger partial charge in [-0.05, 0) is 12.5 Å². The van der Waals surface area contributed by atoms with Crippen LogP contribution >= 0.6 is 0 Å². The normalized spacial score (nSPS) is 9.00. The maximum Gasteiger partial charge on any atom is 0.221 e. The zero-order chi connectivity index (χ0) is 12.3. The van der Waals surface area contributed by atoms with Gasteiger partial charge in [-0.25, -0.2) is 4.98 Å². The van der Waals surface area contributed by atoms with E-state index in [9.17, 15) is 0 Å². The number of aromatic nitrogens is 2. The van der Waals surface area contributed by atoms with Gasteiger partial charge in [-0.3, -0.25) is 0 Å². The van der Waals surface area contributed by atoms with Crippen LogP contribution in [0, 0.1) is 0 Å². The summed E-state index contributed by atoms with van der Waals surface area (Å²) in [6.07, 6.45) is 2.71. The smallest absolute Gasteiger partial charge is 0.221 e. The topological polar surface area (TPSA) is 63.8 Å². The first kappa shape index (κ1) is 13.0. The minimum atomic E-state index is 0.311. The van der Waals surface area contributed by atoms with Crippen molar-refractivity contribution in [2.24, 2.45) is 0 Å². The van der Waals surface area contributed by atoms with Gasteiger partial charge in [-0.1, -0.05) is 43.3 Å². The first-order valence-corrected chi connectivity index (χ1v) is 5.65. The summed E-state index contributed by atoms with van der Waals surface area (Å²) < 4.78 is 0. The van der Waals surface area contributed by atoms with Crippen LogP contribution < -0.4 is 11.1 Å². The fourth-order valence-electron chi connectivity index (χ4n) is 1.11. The van der Waals surface area contributed by atoms with Crippen molar-refractivity contribution in [2.45, 2.75) is 13.3 Å². The van der Waals surface area contributed by atoms with Crippen LogP contribution in [-0.2, 0) is 0 Å². The average Bonchev–Trinajstić information content (AvgIpc) is 2.39. The lowest BCUT2D eigenvalue weighted by Crippen LogP contribution is -2.03. The van der Waals surface area contributed by atoms with Gasteiger partial charge in [0.25, 0.3) is 0 Å². The number of benzene rings is 1. The van der Waals surface area contributed by atoms with E-state index in [0.717, 1.165) is 18.8 Å². The van der Waals surface area contributed by atoms with Crippen molar-refractivity contribution in [3.05, 3.63) is 48.7 Å². The molecule has 0 fully saturated rings. The summed E-state index contributed by atoms with van der Waals surface area (Å²) in [6.45, 7) is 3.01. The molecule has 0 amide bonds. The molecular weight excluding hydrogens is 212 g/mol. The number of nitrogens with one attached hydrogen (secondary N) is 1. The number of hydrogen-bond acceptors (Lipinski definition) is 4. The van der Waals surface area contributed by atoms with E-state index in [2.05, 4.69) is 22.2 Å². The van der Waals surface area contributed by atoms with Crippen LogP contribution in [0.15, 0.2) is 48.7 Å². The average molecular weight is 230 g/mol. The van der Waals surface area contributed by atoms with E-state index in [1.807, 2.05) is 36.4 Å². The van der Waals surface area contributed by atoms with Gasteiger partial charge in [0.05, 0.1) is 0 Å². The van der Waals surface area contributed by atoms with Gasteiger partial charge in [-0.15, -0.1) is 0 Å². The molecular formula is C13H18N4. The number of anilines is 2. The molecule has 0 saturated carbocycles. The highest BCUT2D eigenvalue weighted by Gasteiger charge is 1.91. The van der Waals surface area contributed by atoms with Crippen LogP contribution in [0.2, 0.25) is 0 Å². The van der Waals surface area contributed by atoms with Crippen LogP contribution in [0.25, 0.3) is 0 Å². The molecule has 1 aromatic heterocycles. The predicted molar refractivity (Wildman–Crippen MR) is 71.7 cm³/mol. The van der Waals surface area contributed by atoms with E-state index >= 15 is 0 Å². The van der Waals surface area contributed by atoms with Crippen molar-refractivity contribution in [3.63, 3.8) is 0 Å². The zero-order valence-corrected chi connectivity index (χ0v) is 10.0. The van der Waals surface area contributed by atoms with E-state index in [4.69, 9.17) is 5.73 Å². The first-order valence-electron chi connectivity index (χ1n) is 5.65. The molecule has 0 aliphatic carbocycles. The van der Waals surface area contributed by atoms with Gasteiger partial charge in [0.1, 0.15) is 5.82 Å². The van der Waals surface area contributed by atoms with Gasteiger partial charge in [0.2, 0.25) is 5.95 Å². The molecule has 3 N–H and O–H groups in total. The number of nitrogens with zero attached hydrogens (tertiary/aromatic N) is 2. The summed E-state index contributed by atoms with van der Waals surface area (Å²) in [6, 6.07) is 13.8. The second-order valence-electron chi connectivity index (χ2n) is 3.38. The maximum absolute atomic E-state index is 5.37. The van der Waals surface area contributed by atoms with Crippen LogP contribution in [0.1, 0.15) is 13.3 Å². The Balaban J connectivity index is 0.000000202. The van der Waals surface area contributed by atoms with Gasteiger partial charge in [0.15, 0.2) is 0 Å². The maximum atomic E-state index is 5.37. The van der Waals surface area contributed by atoms with Crippen molar-refractivity contribution in [3.8, 4) is 0 Å². The highest BCUT2D eigenvalue weighted by Crippen LogP contribution is 2.01. The Morgan fingerprint density at radius 1 is 1.12 bits per heavy atom. The van der Waals surface area contributed by atoms with Gasteiger partial charge in [0, 0.05) is 12.7 Å². The lowest BCUT2D eigenvalue weighted by atomic mass is 10.4. The number of hydrogen-bond donors (Lipinski definition) is 2. The highest BCUT2D eigenvalue weighted by atomic mass is 15.1. The summed E-state index contributed by atoms with van der Waals surface area (Å²) in [4.78, 5) is 7.74. The quantitative estimate of drug-likeness (QED) is 0.850. The molecule has 4 heteroatoms. The van der Waals surface area contributed by atoms with Crippen molar-refractivity contribution in [1.82, 2.24) is 9.97 Å². The number of rotatable bonds is 3. The van der Waals surface area contributed by atoms with E-state index in [1.54, 1.807) is 12.3 Å². The summed E-state index contributed by atoms with van der Waals surface area (Å²) in [5.41, 5.74) is 5.37. The third-order valence-corrected chi connectivity index (χ3v) is 1.90. The minimum Gasteiger partial charge on any atom is -0.370 e. The Hall–Kier alpha value is -2.10. The molecule has 0 aliphatic rings. The fraction of sp³-hybridized carbons (Fsp3) is 0.231. The van der Waals surface area contributed by atoms with Crippen LogP contribution in [0.5, 0.6) is 0 Å². The molecule has 17 heavy (non-hydrogen) atoms. The van der Waals surface area contributed by atoms with Crippen molar-refractivity contribution < 1.29 is 0 Å². The van der Waals surface area contributed by atoms with E-state index in [-0.39, 0.29) is 0 Å².